The van der Waals surface area contributed by atoms with E-state index in [0.29, 0.717) is 0 Å². The first-order valence-corrected chi connectivity index (χ1v) is 6.58. The molecule has 0 aliphatic carbocycles. The standard InChI is InChI=1S/C15H12BrNO/c1-8-6-9(2)13-12(7-8)17-14-10(15(13)18)4-3-5-11(14)16/h3-7H,1-2H3,(H,17,18). The molecule has 3 heteroatoms. The lowest BCUT2D eigenvalue weighted by molar-refractivity contribution is 1.38. The summed E-state index contributed by atoms with van der Waals surface area (Å²) >= 11 is 3.48. The van der Waals surface area contributed by atoms with E-state index in [0.717, 1.165) is 37.4 Å². The number of pyridine rings is 1. The van der Waals surface area contributed by atoms with Crippen molar-refractivity contribution in [2.75, 3.05) is 0 Å². The average molecular weight is 302 g/mol. The number of halogens is 1. The van der Waals surface area contributed by atoms with E-state index in [4.69, 9.17) is 0 Å². The van der Waals surface area contributed by atoms with Crippen molar-refractivity contribution in [2.45, 2.75) is 13.8 Å². The SMILES string of the molecule is Cc1cc(C)c2c(=O)c3cccc(Br)c3[nH]c2c1. The smallest absolute Gasteiger partial charge is 0.197 e. The van der Waals surface area contributed by atoms with E-state index < -0.39 is 0 Å². The van der Waals surface area contributed by atoms with Gasteiger partial charge in [0.1, 0.15) is 0 Å². The van der Waals surface area contributed by atoms with Gasteiger partial charge in [-0.15, -0.1) is 0 Å². The first-order valence-electron chi connectivity index (χ1n) is 5.79. The molecule has 0 amide bonds. The summed E-state index contributed by atoms with van der Waals surface area (Å²) < 4.78 is 0.915. The number of nitrogens with one attached hydrogen (secondary N) is 1. The Morgan fingerprint density at radius 2 is 1.94 bits per heavy atom. The van der Waals surface area contributed by atoms with Crippen LogP contribution in [0.1, 0.15) is 11.1 Å². The first-order chi connectivity index (χ1) is 8.58. The van der Waals surface area contributed by atoms with E-state index in [1.54, 1.807) is 0 Å². The third-order valence-electron chi connectivity index (χ3n) is 3.22. The lowest BCUT2D eigenvalue weighted by Crippen LogP contribution is -2.06. The predicted octanol–water partition coefficient (Wildman–Crippen LogP) is 4.06. The minimum atomic E-state index is 0.0950. The van der Waals surface area contributed by atoms with Crippen LogP contribution in [0.5, 0.6) is 0 Å². The second-order valence-corrected chi connectivity index (χ2v) is 5.48. The molecule has 1 heterocycles. The average Bonchev–Trinajstić information content (AvgIpc) is 2.30. The fourth-order valence-electron chi connectivity index (χ4n) is 2.48. The molecule has 0 unspecified atom stereocenters. The monoisotopic (exact) mass is 301 g/mol. The van der Waals surface area contributed by atoms with Crippen molar-refractivity contribution in [3.63, 3.8) is 0 Å². The Balaban J connectivity index is 2.66. The maximum absolute atomic E-state index is 12.5. The van der Waals surface area contributed by atoms with Crippen LogP contribution >= 0.6 is 15.9 Å². The number of fused-ring (bicyclic) bond motifs is 2. The van der Waals surface area contributed by atoms with Gasteiger partial charge in [-0.3, -0.25) is 4.79 Å². The Bertz CT molecular complexity index is 833. The zero-order valence-corrected chi connectivity index (χ0v) is 11.8. The predicted molar refractivity (Wildman–Crippen MR) is 79.2 cm³/mol. The third kappa shape index (κ3) is 1.58. The molecule has 0 saturated heterocycles. The molecule has 0 atom stereocenters. The molecule has 18 heavy (non-hydrogen) atoms. The summed E-state index contributed by atoms with van der Waals surface area (Å²) in [6, 6.07) is 9.74. The highest BCUT2D eigenvalue weighted by Gasteiger charge is 2.09. The highest BCUT2D eigenvalue weighted by atomic mass is 79.9. The summed E-state index contributed by atoms with van der Waals surface area (Å²) in [6.07, 6.45) is 0. The van der Waals surface area contributed by atoms with E-state index in [2.05, 4.69) is 20.9 Å². The van der Waals surface area contributed by atoms with Crippen LogP contribution in [-0.4, -0.2) is 4.98 Å². The normalized spacial score (nSPS) is 11.3. The molecular formula is C15H12BrNO. The highest BCUT2D eigenvalue weighted by molar-refractivity contribution is 9.10. The van der Waals surface area contributed by atoms with Gasteiger partial charge in [-0.05, 0) is 59.1 Å². The summed E-state index contributed by atoms with van der Waals surface area (Å²) in [5, 5.41) is 1.51. The minimum absolute atomic E-state index is 0.0950. The van der Waals surface area contributed by atoms with Gasteiger partial charge in [-0.2, -0.15) is 0 Å². The maximum Gasteiger partial charge on any atom is 0.197 e. The van der Waals surface area contributed by atoms with Crippen LogP contribution in [0.3, 0.4) is 0 Å². The van der Waals surface area contributed by atoms with Crippen LogP contribution in [0.2, 0.25) is 0 Å². The van der Waals surface area contributed by atoms with Crippen molar-refractivity contribution in [1.29, 1.82) is 0 Å². The third-order valence-corrected chi connectivity index (χ3v) is 3.89. The molecular weight excluding hydrogens is 290 g/mol. The van der Waals surface area contributed by atoms with Crippen molar-refractivity contribution >= 4 is 37.7 Å². The molecule has 0 fully saturated rings. The fourth-order valence-corrected chi connectivity index (χ4v) is 2.94. The Morgan fingerprint density at radius 1 is 1.17 bits per heavy atom. The van der Waals surface area contributed by atoms with Crippen molar-refractivity contribution in [2.24, 2.45) is 0 Å². The largest absolute Gasteiger partial charge is 0.353 e. The molecule has 3 rings (SSSR count). The van der Waals surface area contributed by atoms with Gasteiger partial charge in [0.2, 0.25) is 0 Å². The molecule has 2 nitrogen and oxygen atoms in total. The van der Waals surface area contributed by atoms with E-state index in [9.17, 15) is 4.79 Å². The van der Waals surface area contributed by atoms with Crippen LogP contribution < -0.4 is 5.43 Å². The second-order valence-electron chi connectivity index (χ2n) is 4.62. The van der Waals surface area contributed by atoms with Gasteiger partial charge in [0.15, 0.2) is 5.43 Å². The Labute approximate surface area is 113 Å². The Hall–Kier alpha value is -1.61. The van der Waals surface area contributed by atoms with Gasteiger partial charge in [-0.25, -0.2) is 0 Å². The Morgan fingerprint density at radius 3 is 2.72 bits per heavy atom. The van der Waals surface area contributed by atoms with Gasteiger partial charge in [0, 0.05) is 15.2 Å². The number of para-hydroxylation sites is 1. The molecule has 0 saturated carbocycles. The summed E-state index contributed by atoms with van der Waals surface area (Å²) in [5.41, 5.74) is 4.03. The summed E-state index contributed by atoms with van der Waals surface area (Å²) in [6.45, 7) is 4.02. The van der Waals surface area contributed by atoms with E-state index in [-0.39, 0.29) is 5.43 Å². The molecule has 1 aromatic heterocycles. The van der Waals surface area contributed by atoms with Crippen LogP contribution in [0.4, 0.5) is 0 Å². The van der Waals surface area contributed by atoms with Crippen LogP contribution in [0, 0.1) is 13.8 Å². The van der Waals surface area contributed by atoms with Crippen molar-refractivity contribution in [3.8, 4) is 0 Å². The van der Waals surface area contributed by atoms with E-state index in [1.807, 2.05) is 44.2 Å². The molecule has 0 aliphatic heterocycles. The van der Waals surface area contributed by atoms with Crippen molar-refractivity contribution in [1.82, 2.24) is 4.98 Å². The number of aryl methyl sites for hydroxylation is 2. The number of hydrogen-bond acceptors (Lipinski definition) is 1. The number of aromatic amines is 1. The zero-order chi connectivity index (χ0) is 12.9. The molecule has 0 spiro atoms. The maximum atomic E-state index is 12.5. The Kier molecular flexibility index (Phi) is 2.52. The summed E-state index contributed by atoms with van der Waals surface area (Å²) in [4.78, 5) is 15.9. The van der Waals surface area contributed by atoms with E-state index >= 15 is 0 Å². The van der Waals surface area contributed by atoms with Gasteiger partial charge in [-0.1, -0.05) is 12.1 Å². The lowest BCUT2D eigenvalue weighted by atomic mass is 10.0. The van der Waals surface area contributed by atoms with Crippen LogP contribution in [0.25, 0.3) is 21.8 Å². The van der Waals surface area contributed by atoms with Gasteiger partial charge < -0.3 is 4.98 Å². The molecule has 0 radical (unpaired) electrons. The zero-order valence-electron chi connectivity index (χ0n) is 10.2. The molecule has 90 valence electrons. The quantitative estimate of drug-likeness (QED) is 0.624. The summed E-state index contributed by atoms with van der Waals surface area (Å²) in [7, 11) is 0. The number of H-pyrrole nitrogens is 1. The number of rotatable bonds is 0. The summed E-state index contributed by atoms with van der Waals surface area (Å²) in [5.74, 6) is 0. The fraction of sp³-hybridized carbons (Fsp3) is 0.133. The molecule has 1 N–H and O–H groups in total. The topological polar surface area (TPSA) is 32.9 Å². The molecule has 3 aromatic rings. The van der Waals surface area contributed by atoms with Crippen LogP contribution in [0.15, 0.2) is 39.6 Å². The molecule has 2 aromatic carbocycles. The van der Waals surface area contributed by atoms with Crippen LogP contribution in [-0.2, 0) is 0 Å². The first kappa shape index (κ1) is 11.5. The van der Waals surface area contributed by atoms with Gasteiger partial charge in [0.25, 0.3) is 0 Å². The second kappa shape index (κ2) is 3.95. The van der Waals surface area contributed by atoms with Gasteiger partial charge >= 0.3 is 0 Å². The highest BCUT2D eigenvalue weighted by Crippen LogP contribution is 2.24. The lowest BCUT2D eigenvalue weighted by Gasteiger charge is -2.07. The van der Waals surface area contributed by atoms with Gasteiger partial charge in [0.05, 0.1) is 11.0 Å². The molecule has 0 aliphatic rings. The number of hydrogen-bond donors (Lipinski definition) is 1. The van der Waals surface area contributed by atoms with Crippen molar-refractivity contribution < 1.29 is 0 Å². The number of benzene rings is 2. The molecule has 0 bridgehead atoms. The minimum Gasteiger partial charge on any atom is -0.353 e. The van der Waals surface area contributed by atoms with Crippen molar-refractivity contribution in [3.05, 3.63) is 56.2 Å². The van der Waals surface area contributed by atoms with E-state index in [1.165, 1.54) is 0 Å². The number of aromatic nitrogens is 1.